The first-order valence-corrected chi connectivity index (χ1v) is 13.1. The molecule has 9 heteroatoms. The number of aryl methyl sites for hydroxylation is 2. The molecule has 0 amide bonds. The summed E-state index contributed by atoms with van der Waals surface area (Å²) in [5, 5.41) is 3.25. The molecule has 4 heterocycles. The lowest BCUT2D eigenvalue weighted by Crippen LogP contribution is -2.22. The predicted molar refractivity (Wildman–Crippen MR) is 131 cm³/mol. The van der Waals surface area contributed by atoms with Gasteiger partial charge in [0, 0.05) is 28.3 Å². The Hall–Kier alpha value is -2.75. The van der Waals surface area contributed by atoms with Crippen molar-refractivity contribution in [3.63, 3.8) is 0 Å². The largest absolute Gasteiger partial charge is 0.269 e. The van der Waals surface area contributed by atoms with Gasteiger partial charge in [-0.1, -0.05) is 30.0 Å². The van der Waals surface area contributed by atoms with Gasteiger partial charge >= 0.3 is 0 Å². The Kier molecular flexibility index (Phi) is 4.97. The Labute approximate surface area is 195 Å². The van der Waals surface area contributed by atoms with Crippen LogP contribution in [-0.4, -0.2) is 18.9 Å². The first-order chi connectivity index (χ1) is 15.7. The molecule has 0 atom stereocenters. The molecular weight excluding hydrogens is 460 g/mol. The van der Waals surface area contributed by atoms with E-state index in [9.17, 15) is 9.59 Å². The van der Waals surface area contributed by atoms with Crippen molar-refractivity contribution < 1.29 is 0 Å². The van der Waals surface area contributed by atoms with Crippen LogP contribution in [0.25, 0.3) is 20.9 Å². The van der Waals surface area contributed by atoms with Crippen molar-refractivity contribution in [1.82, 2.24) is 18.9 Å². The van der Waals surface area contributed by atoms with E-state index in [1.165, 1.54) is 40.0 Å². The van der Waals surface area contributed by atoms with Gasteiger partial charge in [-0.25, -0.2) is 9.97 Å². The molecule has 1 aliphatic rings. The van der Waals surface area contributed by atoms with Gasteiger partial charge in [-0.05, 0) is 43.4 Å². The van der Waals surface area contributed by atoms with Crippen LogP contribution in [0, 0.1) is 0 Å². The van der Waals surface area contributed by atoms with Gasteiger partial charge in [-0.2, -0.15) is 0 Å². The van der Waals surface area contributed by atoms with E-state index in [2.05, 4.69) is 4.98 Å². The molecule has 0 aliphatic heterocycles. The Morgan fingerprint density at radius 3 is 2.78 bits per heavy atom. The molecule has 1 aromatic carbocycles. The first-order valence-electron chi connectivity index (χ1n) is 10.4. The minimum absolute atomic E-state index is 0.00941. The average molecular weight is 479 g/mol. The molecule has 160 valence electrons. The molecular formula is C23H18N4O2S3. The molecule has 0 saturated heterocycles. The van der Waals surface area contributed by atoms with Crippen molar-refractivity contribution in [3.05, 3.63) is 84.8 Å². The monoisotopic (exact) mass is 478 g/mol. The van der Waals surface area contributed by atoms with Crippen molar-refractivity contribution in [2.45, 2.75) is 36.6 Å². The van der Waals surface area contributed by atoms with Gasteiger partial charge in [-0.3, -0.25) is 18.6 Å². The summed E-state index contributed by atoms with van der Waals surface area (Å²) in [6.45, 7) is 0. The van der Waals surface area contributed by atoms with E-state index in [0.717, 1.165) is 35.2 Å². The van der Waals surface area contributed by atoms with Gasteiger partial charge < -0.3 is 0 Å². The number of thiazole rings is 1. The maximum atomic E-state index is 13.7. The van der Waals surface area contributed by atoms with Crippen LogP contribution in [0.4, 0.5) is 0 Å². The van der Waals surface area contributed by atoms with Crippen LogP contribution < -0.4 is 11.1 Å². The Bertz CT molecular complexity index is 1580. The molecule has 0 radical (unpaired) electrons. The number of para-hydroxylation sites is 1. The summed E-state index contributed by atoms with van der Waals surface area (Å²) < 4.78 is 3.25. The average Bonchev–Trinajstić information content (AvgIpc) is 3.43. The molecule has 5 aromatic rings. The minimum atomic E-state index is -0.0957. The smallest absolute Gasteiger partial charge is 0.267 e. The maximum absolute atomic E-state index is 13.7. The zero-order valence-electron chi connectivity index (χ0n) is 17.0. The lowest BCUT2D eigenvalue weighted by atomic mass is 9.97. The molecule has 6 rings (SSSR count). The molecule has 4 aromatic heterocycles. The third-order valence-electron chi connectivity index (χ3n) is 5.68. The number of thiophene rings is 1. The van der Waals surface area contributed by atoms with E-state index >= 15 is 0 Å². The highest BCUT2D eigenvalue weighted by molar-refractivity contribution is 7.98. The van der Waals surface area contributed by atoms with Gasteiger partial charge in [0.15, 0.2) is 10.1 Å². The topological polar surface area (TPSA) is 69.3 Å². The van der Waals surface area contributed by atoms with Crippen molar-refractivity contribution in [3.8, 4) is 5.69 Å². The number of rotatable bonds is 4. The van der Waals surface area contributed by atoms with Gasteiger partial charge in [0.05, 0.1) is 16.8 Å². The van der Waals surface area contributed by atoms with Gasteiger partial charge in [0.1, 0.15) is 4.83 Å². The summed E-state index contributed by atoms with van der Waals surface area (Å²) in [5.74, 6) is 0.458. The SMILES string of the molecule is O=c1c2c3c(sc2nc(SCc2cc(=O)n4ccsc4n2)n1-c1ccccc1)CCCC3. The molecule has 0 bridgehead atoms. The summed E-state index contributed by atoms with van der Waals surface area (Å²) in [6.07, 6.45) is 5.99. The van der Waals surface area contributed by atoms with Crippen LogP contribution in [0.1, 0.15) is 29.0 Å². The van der Waals surface area contributed by atoms with E-state index in [1.807, 2.05) is 35.7 Å². The first kappa shape index (κ1) is 19.9. The minimum Gasteiger partial charge on any atom is -0.269 e. The Morgan fingerprint density at radius 1 is 1.06 bits per heavy atom. The number of hydrogen-bond acceptors (Lipinski definition) is 7. The number of nitrogens with zero attached hydrogens (tertiary/aromatic N) is 4. The summed E-state index contributed by atoms with van der Waals surface area (Å²) in [7, 11) is 0. The van der Waals surface area contributed by atoms with E-state index < -0.39 is 0 Å². The standard InChI is InChI=1S/C23H18N4O2S3/c28-18-12-14(24-22-26(18)10-11-30-22)13-31-23-25-20-19(16-8-4-5-9-17(16)32-20)21(29)27(23)15-6-2-1-3-7-15/h1-3,6-7,10-12H,4-5,8-9,13H2. The summed E-state index contributed by atoms with van der Waals surface area (Å²) in [6, 6.07) is 11.2. The second-order valence-electron chi connectivity index (χ2n) is 7.69. The normalized spacial score (nSPS) is 13.6. The fraction of sp³-hybridized carbons (Fsp3) is 0.217. The lowest BCUT2D eigenvalue weighted by molar-refractivity contribution is 0.699. The molecule has 6 nitrogen and oxygen atoms in total. The van der Waals surface area contributed by atoms with Crippen LogP contribution >= 0.6 is 34.4 Å². The lowest BCUT2D eigenvalue weighted by Gasteiger charge is -2.13. The van der Waals surface area contributed by atoms with Gasteiger partial charge in [-0.15, -0.1) is 22.7 Å². The Balaban J connectivity index is 1.48. The van der Waals surface area contributed by atoms with Crippen molar-refractivity contribution in [2.24, 2.45) is 0 Å². The summed E-state index contributed by atoms with van der Waals surface area (Å²) in [5.41, 5.74) is 2.56. The third kappa shape index (κ3) is 3.32. The predicted octanol–water partition coefficient (Wildman–Crippen LogP) is 4.69. The van der Waals surface area contributed by atoms with Crippen LogP contribution in [0.2, 0.25) is 0 Å². The number of aromatic nitrogens is 4. The molecule has 1 aliphatic carbocycles. The second kappa shape index (κ2) is 7.99. The molecule has 0 unspecified atom stereocenters. The number of hydrogen-bond donors (Lipinski definition) is 0. The molecule has 0 fully saturated rings. The Morgan fingerprint density at radius 2 is 1.91 bits per heavy atom. The highest BCUT2D eigenvalue weighted by Gasteiger charge is 2.23. The van der Waals surface area contributed by atoms with E-state index in [4.69, 9.17) is 4.98 Å². The van der Waals surface area contributed by atoms with Crippen LogP contribution in [0.3, 0.4) is 0 Å². The zero-order chi connectivity index (χ0) is 21.7. The van der Waals surface area contributed by atoms with Gasteiger partial charge in [0.2, 0.25) is 0 Å². The highest BCUT2D eigenvalue weighted by atomic mass is 32.2. The quantitative estimate of drug-likeness (QED) is 0.277. The van der Waals surface area contributed by atoms with Gasteiger partial charge in [0.25, 0.3) is 11.1 Å². The third-order valence-corrected chi connectivity index (χ3v) is 8.59. The van der Waals surface area contributed by atoms with E-state index in [1.54, 1.807) is 32.6 Å². The molecule has 0 saturated carbocycles. The van der Waals surface area contributed by atoms with Crippen molar-refractivity contribution in [2.75, 3.05) is 0 Å². The van der Waals surface area contributed by atoms with E-state index in [0.29, 0.717) is 21.6 Å². The van der Waals surface area contributed by atoms with Crippen LogP contribution in [0.5, 0.6) is 0 Å². The number of benzene rings is 1. The fourth-order valence-electron chi connectivity index (χ4n) is 4.19. The molecule has 0 N–H and O–H groups in total. The molecule has 0 spiro atoms. The number of thioether (sulfide) groups is 1. The van der Waals surface area contributed by atoms with Crippen molar-refractivity contribution >= 4 is 49.6 Å². The summed E-state index contributed by atoms with van der Waals surface area (Å²) in [4.78, 5) is 38.4. The number of fused-ring (bicyclic) bond motifs is 4. The van der Waals surface area contributed by atoms with Crippen molar-refractivity contribution in [1.29, 1.82) is 0 Å². The van der Waals surface area contributed by atoms with Crippen LogP contribution in [-0.2, 0) is 18.6 Å². The summed E-state index contributed by atoms with van der Waals surface area (Å²) >= 11 is 4.53. The zero-order valence-corrected chi connectivity index (χ0v) is 19.4. The molecule has 32 heavy (non-hydrogen) atoms. The fourth-order valence-corrected chi connectivity index (χ4v) is 7.13. The maximum Gasteiger partial charge on any atom is 0.267 e. The highest BCUT2D eigenvalue weighted by Crippen LogP contribution is 2.35. The van der Waals surface area contributed by atoms with E-state index in [-0.39, 0.29) is 11.1 Å². The van der Waals surface area contributed by atoms with Crippen LogP contribution in [0.15, 0.2) is 62.7 Å². The second-order valence-corrected chi connectivity index (χ2v) is 10.6.